The molecule has 1 aromatic carbocycles. The van der Waals surface area contributed by atoms with Crippen LogP contribution in [0.3, 0.4) is 0 Å². The maximum Gasteiger partial charge on any atom is 0.411 e. The van der Waals surface area contributed by atoms with Gasteiger partial charge in [0.1, 0.15) is 17.4 Å². The number of amides is 3. The minimum Gasteiger partial charge on any atom is -0.508 e. The zero-order valence-electron chi connectivity index (χ0n) is 21.2. The number of benzene rings is 1. The number of hydrogen-bond acceptors (Lipinski definition) is 7. The van der Waals surface area contributed by atoms with E-state index < -0.39 is 35.5 Å². The van der Waals surface area contributed by atoms with Gasteiger partial charge in [-0.1, -0.05) is 51.2 Å². The highest BCUT2D eigenvalue weighted by atomic mass is 16.7. The second-order valence-electron chi connectivity index (χ2n) is 9.82. The van der Waals surface area contributed by atoms with Crippen molar-refractivity contribution in [3.05, 3.63) is 29.8 Å². The van der Waals surface area contributed by atoms with E-state index >= 15 is 0 Å². The average Bonchev–Trinajstić information content (AvgIpc) is 3.09. The SMILES string of the molecule is CCCCCCCCN(C(=O)OC(C)(C)C)[C@H](Cc1ccc(O)cc1)C(=O)ON1C(=O)CCC1=O. The van der Waals surface area contributed by atoms with Crippen molar-refractivity contribution in [1.82, 2.24) is 9.96 Å². The lowest BCUT2D eigenvalue weighted by Gasteiger charge is -2.33. The minimum atomic E-state index is -1.13. The Labute approximate surface area is 207 Å². The molecule has 9 nitrogen and oxygen atoms in total. The zero-order valence-corrected chi connectivity index (χ0v) is 21.2. The topological polar surface area (TPSA) is 113 Å². The number of unbranched alkanes of at least 4 members (excludes halogenated alkanes) is 5. The second-order valence-corrected chi connectivity index (χ2v) is 9.82. The fourth-order valence-electron chi connectivity index (χ4n) is 3.74. The van der Waals surface area contributed by atoms with Gasteiger partial charge in [-0.25, -0.2) is 9.59 Å². The van der Waals surface area contributed by atoms with E-state index in [-0.39, 0.29) is 31.6 Å². The predicted octanol–water partition coefficient (Wildman–Crippen LogP) is 4.51. The Hall–Kier alpha value is -3.10. The minimum absolute atomic E-state index is 0.0255. The number of aromatic hydroxyl groups is 1. The fraction of sp³-hybridized carbons (Fsp3) is 0.615. The lowest BCUT2D eigenvalue weighted by atomic mass is 10.0. The summed E-state index contributed by atoms with van der Waals surface area (Å²) in [4.78, 5) is 57.0. The van der Waals surface area contributed by atoms with E-state index in [1.54, 1.807) is 32.9 Å². The molecule has 1 aromatic rings. The first kappa shape index (κ1) is 28.1. The molecule has 0 spiro atoms. The van der Waals surface area contributed by atoms with Crippen LogP contribution in [0.1, 0.15) is 84.6 Å². The van der Waals surface area contributed by atoms with E-state index in [1.165, 1.54) is 17.0 Å². The predicted molar refractivity (Wildman–Crippen MR) is 129 cm³/mol. The molecule has 35 heavy (non-hydrogen) atoms. The highest BCUT2D eigenvalue weighted by Gasteiger charge is 2.39. The quantitative estimate of drug-likeness (QED) is 0.339. The molecule has 1 saturated heterocycles. The largest absolute Gasteiger partial charge is 0.508 e. The molecule has 1 heterocycles. The van der Waals surface area contributed by atoms with Crippen molar-refractivity contribution in [2.75, 3.05) is 6.54 Å². The maximum atomic E-state index is 13.3. The van der Waals surface area contributed by atoms with Crippen LogP contribution >= 0.6 is 0 Å². The summed E-state index contributed by atoms with van der Waals surface area (Å²) in [6.45, 7) is 7.61. The molecule has 3 amide bonds. The number of phenols is 1. The third-order valence-electron chi connectivity index (χ3n) is 5.58. The Balaban J connectivity index is 2.28. The monoisotopic (exact) mass is 490 g/mol. The van der Waals surface area contributed by atoms with Crippen LogP contribution in [0.4, 0.5) is 4.79 Å². The number of nitrogens with zero attached hydrogens (tertiary/aromatic N) is 2. The molecule has 0 aromatic heterocycles. The van der Waals surface area contributed by atoms with Gasteiger partial charge in [-0.05, 0) is 44.9 Å². The number of carbonyl (C=O) groups excluding carboxylic acids is 4. The number of hydrogen-bond donors (Lipinski definition) is 1. The molecular formula is C26H38N2O7. The van der Waals surface area contributed by atoms with Crippen LogP contribution in [0, 0.1) is 0 Å². The highest BCUT2D eigenvalue weighted by molar-refractivity contribution is 6.01. The van der Waals surface area contributed by atoms with Crippen LogP contribution in [0.15, 0.2) is 24.3 Å². The molecule has 1 aliphatic rings. The lowest BCUT2D eigenvalue weighted by molar-refractivity contribution is -0.201. The summed E-state index contributed by atoms with van der Waals surface area (Å²) in [5.74, 6) is -2.01. The Morgan fingerprint density at radius 2 is 1.57 bits per heavy atom. The van der Waals surface area contributed by atoms with Crippen molar-refractivity contribution in [1.29, 1.82) is 0 Å². The maximum absolute atomic E-state index is 13.3. The Bertz CT molecular complexity index is 861. The van der Waals surface area contributed by atoms with Gasteiger partial charge in [-0.3, -0.25) is 14.5 Å². The number of phenolic OH excluding ortho intramolecular Hbond substituents is 1. The third kappa shape index (κ3) is 9.22. The molecule has 1 N–H and O–H groups in total. The second kappa shape index (κ2) is 13.1. The van der Waals surface area contributed by atoms with Gasteiger partial charge in [0.25, 0.3) is 11.8 Å². The third-order valence-corrected chi connectivity index (χ3v) is 5.58. The van der Waals surface area contributed by atoms with Crippen LogP contribution in [0.5, 0.6) is 5.75 Å². The molecular weight excluding hydrogens is 452 g/mol. The Morgan fingerprint density at radius 1 is 1.00 bits per heavy atom. The van der Waals surface area contributed by atoms with Crippen molar-refractivity contribution in [3.8, 4) is 5.75 Å². The standard InChI is InChI=1S/C26H38N2O7/c1-5-6-7-8-9-10-17-27(25(33)34-26(2,3)4)21(18-19-11-13-20(29)14-12-19)24(32)35-28-22(30)15-16-23(28)31/h11-14,21,29H,5-10,15-18H2,1-4H3/t21-/m1/s1. The number of hydroxylamine groups is 2. The smallest absolute Gasteiger partial charge is 0.411 e. The van der Waals surface area contributed by atoms with E-state index in [9.17, 15) is 24.3 Å². The molecule has 9 heteroatoms. The Morgan fingerprint density at radius 3 is 2.14 bits per heavy atom. The number of rotatable bonds is 12. The summed E-state index contributed by atoms with van der Waals surface area (Å²) < 4.78 is 5.59. The first-order chi connectivity index (χ1) is 16.5. The van der Waals surface area contributed by atoms with Gasteiger partial charge in [0.05, 0.1) is 0 Å². The fourth-order valence-corrected chi connectivity index (χ4v) is 3.74. The van der Waals surface area contributed by atoms with E-state index in [0.717, 1.165) is 32.1 Å². The summed E-state index contributed by atoms with van der Waals surface area (Å²) in [6.07, 6.45) is 5.25. The molecule has 2 rings (SSSR count). The molecule has 0 aliphatic carbocycles. The molecule has 194 valence electrons. The van der Waals surface area contributed by atoms with E-state index in [0.29, 0.717) is 17.0 Å². The normalized spacial score (nSPS) is 14.7. The van der Waals surface area contributed by atoms with Crippen LogP contribution in [-0.2, 0) is 30.4 Å². The first-order valence-corrected chi connectivity index (χ1v) is 12.4. The molecule has 1 fully saturated rings. The van der Waals surface area contributed by atoms with Gasteiger partial charge in [-0.2, -0.15) is 0 Å². The first-order valence-electron chi connectivity index (χ1n) is 12.4. The molecule has 0 unspecified atom stereocenters. The Kier molecular flexibility index (Phi) is 10.5. The zero-order chi connectivity index (χ0) is 26.0. The summed E-state index contributed by atoms with van der Waals surface area (Å²) in [5, 5.41) is 10.1. The van der Waals surface area contributed by atoms with Crippen molar-refractivity contribution in [3.63, 3.8) is 0 Å². The average molecular weight is 491 g/mol. The lowest BCUT2D eigenvalue weighted by Crippen LogP contribution is -2.51. The molecule has 0 bridgehead atoms. The summed E-state index contributed by atoms with van der Waals surface area (Å²) in [7, 11) is 0. The number of imide groups is 1. The van der Waals surface area contributed by atoms with Crippen LogP contribution in [0.2, 0.25) is 0 Å². The number of ether oxygens (including phenoxy) is 1. The van der Waals surface area contributed by atoms with E-state index in [1.807, 2.05) is 0 Å². The molecule has 0 radical (unpaired) electrons. The molecule has 1 aliphatic heterocycles. The summed E-state index contributed by atoms with van der Waals surface area (Å²) >= 11 is 0. The van der Waals surface area contributed by atoms with Gasteiger partial charge in [0, 0.05) is 25.8 Å². The summed E-state index contributed by atoms with van der Waals surface area (Å²) in [6, 6.07) is 5.11. The van der Waals surface area contributed by atoms with Crippen LogP contribution < -0.4 is 0 Å². The van der Waals surface area contributed by atoms with Gasteiger partial charge in [-0.15, -0.1) is 5.06 Å². The van der Waals surface area contributed by atoms with Crippen molar-refractivity contribution < 1.29 is 33.9 Å². The van der Waals surface area contributed by atoms with Crippen molar-refractivity contribution >= 4 is 23.9 Å². The van der Waals surface area contributed by atoms with Gasteiger partial charge < -0.3 is 14.7 Å². The molecule has 1 atom stereocenters. The highest BCUT2D eigenvalue weighted by Crippen LogP contribution is 2.21. The summed E-state index contributed by atoms with van der Waals surface area (Å²) in [5.41, 5.74) is -0.120. The van der Waals surface area contributed by atoms with E-state index in [2.05, 4.69) is 6.92 Å². The van der Waals surface area contributed by atoms with Gasteiger partial charge >= 0.3 is 12.1 Å². The number of carbonyl (C=O) groups is 4. The van der Waals surface area contributed by atoms with Crippen LogP contribution in [0.25, 0.3) is 0 Å². The van der Waals surface area contributed by atoms with Gasteiger partial charge in [0.15, 0.2) is 0 Å². The van der Waals surface area contributed by atoms with E-state index in [4.69, 9.17) is 9.57 Å². The van der Waals surface area contributed by atoms with Crippen LogP contribution in [-0.4, -0.2) is 57.1 Å². The van der Waals surface area contributed by atoms with Crippen molar-refractivity contribution in [2.24, 2.45) is 0 Å². The molecule has 0 saturated carbocycles. The van der Waals surface area contributed by atoms with Crippen molar-refractivity contribution in [2.45, 2.75) is 97.1 Å². The van der Waals surface area contributed by atoms with Gasteiger partial charge in [0.2, 0.25) is 0 Å².